The second kappa shape index (κ2) is 5.84. The van der Waals surface area contributed by atoms with Crippen molar-refractivity contribution < 1.29 is 4.79 Å². The lowest BCUT2D eigenvalue weighted by Crippen LogP contribution is -2.23. The average Bonchev–Trinajstić information content (AvgIpc) is 2.81. The highest BCUT2D eigenvalue weighted by molar-refractivity contribution is 7.11. The Morgan fingerprint density at radius 2 is 2.16 bits per heavy atom. The molecule has 0 radical (unpaired) electrons. The summed E-state index contributed by atoms with van der Waals surface area (Å²) in [6, 6.07) is 5.73. The molecule has 0 saturated heterocycles. The van der Waals surface area contributed by atoms with Gasteiger partial charge >= 0.3 is 0 Å². The Morgan fingerprint density at radius 3 is 2.79 bits per heavy atom. The standard InChI is InChI=1S/C14H17N3OS/c1-9-4-5-11(12(6-9)15-3)14(18)17-8-13-16-7-10(2)19-13/h4-7,15H,8H2,1-3H3,(H,17,18). The van der Waals surface area contributed by atoms with Crippen molar-refractivity contribution in [2.75, 3.05) is 12.4 Å². The number of hydrogen-bond acceptors (Lipinski definition) is 4. The first-order chi connectivity index (χ1) is 9.10. The minimum atomic E-state index is -0.0859. The van der Waals surface area contributed by atoms with Crippen LogP contribution in [-0.2, 0) is 6.54 Å². The Hall–Kier alpha value is -1.88. The molecule has 1 aromatic carbocycles. The Balaban J connectivity index is 2.07. The van der Waals surface area contributed by atoms with Gasteiger partial charge in [0.15, 0.2) is 0 Å². The number of nitrogens with zero attached hydrogens (tertiary/aromatic N) is 1. The van der Waals surface area contributed by atoms with E-state index in [2.05, 4.69) is 15.6 Å². The van der Waals surface area contributed by atoms with E-state index in [1.807, 2.05) is 45.3 Å². The first-order valence-corrected chi connectivity index (χ1v) is 6.89. The molecule has 0 bridgehead atoms. The highest BCUT2D eigenvalue weighted by Crippen LogP contribution is 2.17. The Morgan fingerprint density at radius 1 is 1.37 bits per heavy atom. The second-order valence-electron chi connectivity index (χ2n) is 4.35. The lowest BCUT2D eigenvalue weighted by atomic mass is 10.1. The number of amides is 1. The maximum Gasteiger partial charge on any atom is 0.253 e. The van der Waals surface area contributed by atoms with E-state index in [9.17, 15) is 4.79 Å². The van der Waals surface area contributed by atoms with Crippen LogP contribution in [0.15, 0.2) is 24.4 Å². The molecular formula is C14H17N3OS. The van der Waals surface area contributed by atoms with Crippen molar-refractivity contribution >= 4 is 22.9 Å². The number of carbonyl (C=O) groups is 1. The minimum Gasteiger partial charge on any atom is -0.387 e. The summed E-state index contributed by atoms with van der Waals surface area (Å²) < 4.78 is 0. The van der Waals surface area contributed by atoms with E-state index in [4.69, 9.17) is 0 Å². The summed E-state index contributed by atoms with van der Waals surface area (Å²) in [6.07, 6.45) is 1.82. The maximum atomic E-state index is 12.1. The van der Waals surface area contributed by atoms with Gasteiger partial charge in [0.05, 0.1) is 12.1 Å². The summed E-state index contributed by atoms with van der Waals surface area (Å²) in [5, 5.41) is 6.86. The normalized spacial score (nSPS) is 10.3. The fourth-order valence-corrected chi connectivity index (χ4v) is 2.52. The van der Waals surface area contributed by atoms with Gasteiger partial charge in [-0.2, -0.15) is 0 Å². The highest BCUT2D eigenvalue weighted by atomic mass is 32.1. The van der Waals surface area contributed by atoms with Crippen LogP contribution in [-0.4, -0.2) is 17.9 Å². The maximum absolute atomic E-state index is 12.1. The third-order valence-electron chi connectivity index (χ3n) is 2.76. The number of nitrogens with one attached hydrogen (secondary N) is 2. The zero-order valence-electron chi connectivity index (χ0n) is 11.3. The predicted molar refractivity (Wildman–Crippen MR) is 78.7 cm³/mol. The fourth-order valence-electron chi connectivity index (χ4n) is 1.80. The number of aryl methyl sites for hydroxylation is 2. The van der Waals surface area contributed by atoms with Crippen LogP contribution in [0.4, 0.5) is 5.69 Å². The molecule has 1 heterocycles. The van der Waals surface area contributed by atoms with Crippen molar-refractivity contribution in [1.29, 1.82) is 0 Å². The lowest BCUT2D eigenvalue weighted by molar-refractivity contribution is 0.0951. The van der Waals surface area contributed by atoms with Crippen molar-refractivity contribution in [2.24, 2.45) is 0 Å². The SMILES string of the molecule is CNc1cc(C)ccc1C(=O)NCc1ncc(C)s1. The van der Waals surface area contributed by atoms with E-state index in [1.54, 1.807) is 11.3 Å². The van der Waals surface area contributed by atoms with Crippen molar-refractivity contribution in [3.8, 4) is 0 Å². The molecule has 1 amide bonds. The molecule has 2 N–H and O–H groups in total. The third-order valence-corrected chi connectivity index (χ3v) is 3.67. The van der Waals surface area contributed by atoms with Crippen molar-refractivity contribution in [3.05, 3.63) is 45.4 Å². The van der Waals surface area contributed by atoms with Gasteiger partial charge in [0.25, 0.3) is 5.91 Å². The zero-order chi connectivity index (χ0) is 13.8. The number of benzene rings is 1. The fraction of sp³-hybridized carbons (Fsp3) is 0.286. The monoisotopic (exact) mass is 275 g/mol. The largest absolute Gasteiger partial charge is 0.387 e. The van der Waals surface area contributed by atoms with Crippen LogP contribution in [0.3, 0.4) is 0 Å². The molecule has 4 nitrogen and oxygen atoms in total. The van der Waals surface area contributed by atoms with Gasteiger partial charge in [0.1, 0.15) is 5.01 Å². The molecule has 0 atom stereocenters. The molecule has 100 valence electrons. The molecule has 0 unspecified atom stereocenters. The molecule has 0 fully saturated rings. The topological polar surface area (TPSA) is 54.0 Å². The van der Waals surface area contributed by atoms with Crippen LogP contribution in [0, 0.1) is 13.8 Å². The number of aromatic nitrogens is 1. The lowest BCUT2D eigenvalue weighted by Gasteiger charge is -2.10. The van der Waals surface area contributed by atoms with Crippen LogP contribution in [0.1, 0.15) is 25.8 Å². The summed E-state index contributed by atoms with van der Waals surface area (Å²) >= 11 is 1.60. The predicted octanol–water partition coefficient (Wildman–Crippen LogP) is 2.73. The van der Waals surface area contributed by atoms with Gasteiger partial charge in [0.2, 0.25) is 0 Å². The number of thiazole rings is 1. The first-order valence-electron chi connectivity index (χ1n) is 6.08. The van der Waals surface area contributed by atoms with E-state index in [-0.39, 0.29) is 5.91 Å². The molecule has 0 aliphatic heterocycles. The molecule has 0 spiro atoms. The number of anilines is 1. The van der Waals surface area contributed by atoms with Gasteiger partial charge in [-0.3, -0.25) is 4.79 Å². The molecule has 0 aliphatic carbocycles. The average molecular weight is 275 g/mol. The third kappa shape index (κ3) is 3.32. The smallest absolute Gasteiger partial charge is 0.253 e. The molecule has 0 saturated carbocycles. The van der Waals surface area contributed by atoms with Crippen LogP contribution in [0.25, 0.3) is 0 Å². The summed E-state index contributed by atoms with van der Waals surface area (Å²) in [6.45, 7) is 4.47. The van der Waals surface area contributed by atoms with Gasteiger partial charge in [-0.1, -0.05) is 6.07 Å². The highest BCUT2D eigenvalue weighted by Gasteiger charge is 2.11. The Labute approximate surface area is 116 Å². The summed E-state index contributed by atoms with van der Waals surface area (Å²) in [4.78, 5) is 17.5. The first kappa shape index (κ1) is 13.5. The van der Waals surface area contributed by atoms with Gasteiger partial charge in [-0.15, -0.1) is 11.3 Å². The van der Waals surface area contributed by atoms with Gasteiger partial charge < -0.3 is 10.6 Å². The number of carbonyl (C=O) groups excluding carboxylic acids is 1. The van der Waals surface area contributed by atoms with E-state index >= 15 is 0 Å². The van der Waals surface area contributed by atoms with Crippen LogP contribution >= 0.6 is 11.3 Å². The number of rotatable bonds is 4. The molecule has 2 aromatic rings. The quantitative estimate of drug-likeness (QED) is 0.902. The molecular weight excluding hydrogens is 258 g/mol. The van der Waals surface area contributed by atoms with Crippen molar-refractivity contribution in [1.82, 2.24) is 10.3 Å². The van der Waals surface area contributed by atoms with Gasteiger partial charge in [-0.05, 0) is 31.5 Å². The van der Waals surface area contributed by atoms with Gasteiger partial charge in [0, 0.05) is 23.8 Å². The minimum absolute atomic E-state index is 0.0859. The summed E-state index contributed by atoms with van der Waals surface area (Å²) in [5.74, 6) is -0.0859. The van der Waals surface area contributed by atoms with E-state index in [1.165, 1.54) is 0 Å². The van der Waals surface area contributed by atoms with E-state index in [0.29, 0.717) is 12.1 Å². The van der Waals surface area contributed by atoms with Crippen molar-refractivity contribution in [3.63, 3.8) is 0 Å². The summed E-state index contributed by atoms with van der Waals surface area (Å²) in [7, 11) is 1.82. The second-order valence-corrected chi connectivity index (χ2v) is 5.67. The van der Waals surface area contributed by atoms with Crippen molar-refractivity contribution in [2.45, 2.75) is 20.4 Å². The molecule has 19 heavy (non-hydrogen) atoms. The summed E-state index contributed by atoms with van der Waals surface area (Å²) in [5.41, 5.74) is 2.62. The zero-order valence-corrected chi connectivity index (χ0v) is 12.1. The Kier molecular flexibility index (Phi) is 4.16. The molecule has 5 heteroatoms. The van der Waals surface area contributed by atoms with Crippen LogP contribution < -0.4 is 10.6 Å². The van der Waals surface area contributed by atoms with Crippen LogP contribution in [0.5, 0.6) is 0 Å². The number of hydrogen-bond donors (Lipinski definition) is 2. The van der Waals surface area contributed by atoms with E-state index in [0.717, 1.165) is 21.1 Å². The molecule has 2 rings (SSSR count). The van der Waals surface area contributed by atoms with Crippen LogP contribution in [0.2, 0.25) is 0 Å². The van der Waals surface area contributed by atoms with E-state index < -0.39 is 0 Å². The van der Waals surface area contributed by atoms with Gasteiger partial charge in [-0.25, -0.2) is 4.98 Å². The Bertz CT molecular complexity index is 592. The molecule has 1 aromatic heterocycles. The molecule has 0 aliphatic rings.